The standard InChI is InChI=1S/C19H23ClO5S/c1-26(23,24)18-9-7-12(10-15(18)20)6-8-14-16(21)11-17(25-19(14)22)13-4-2-3-5-13/h7,9-10,13-14,17H,2-6,8,11H2,1H3. The van der Waals surface area contributed by atoms with Crippen molar-refractivity contribution in [2.75, 3.05) is 6.26 Å². The number of Topliss-reactive ketones (excluding diaryl/α,β-unsaturated/α-hetero) is 1. The molecule has 2 unspecified atom stereocenters. The maximum Gasteiger partial charge on any atom is 0.316 e. The number of sulfone groups is 1. The predicted octanol–water partition coefficient (Wildman–Crippen LogP) is 3.37. The lowest BCUT2D eigenvalue weighted by atomic mass is 9.86. The van der Waals surface area contributed by atoms with Crippen molar-refractivity contribution in [1.29, 1.82) is 0 Å². The number of aryl methyl sites for hydroxylation is 1. The van der Waals surface area contributed by atoms with Gasteiger partial charge < -0.3 is 4.74 Å². The summed E-state index contributed by atoms with van der Waals surface area (Å²) in [6.07, 6.45) is 6.31. The van der Waals surface area contributed by atoms with E-state index in [1.165, 1.54) is 6.07 Å². The van der Waals surface area contributed by atoms with E-state index in [1.807, 2.05) is 0 Å². The van der Waals surface area contributed by atoms with Crippen LogP contribution in [-0.4, -0.2) is 32.5 Å². The van der Waals surface area contributed by atoms with Crippen molar-refractivity contribution in [3.63, 3.8) is 0 Å². The molecule has 1 aromatic rings. The average Bonchev–Trinajstić information content (AvgIpc) is 3.07. The molecule has 5 nitrogen and oxygen atoms in total. The Hall–Kier alpha value is -1.40. The maximum atomic E-state index is 12.4. The van der Waals surface area contributed by atoms with E-state index in [4.69, 9.17) is 16.3 Å². The molecule has 0 amide bonds. The van der Waals surface area contributed by atoms with Crippen LogP contribution in [0.1, 0.15) is 44.1 Å². The monoisotopic (exact) mass is 398 g/mol. The molecule has 0 bridgehead atoms. The van der Waals surface area contributed by atoms with Crippen molar-refractivity contribution < 1.29 is 22.7 Å². The number of cyclic esters (lactones) is 1. The van der Waals surface area contributed by atoms with Gasteiger partial charge in [0, 0.05) is 12.7 Å². The van der Waals surface area contributed by atoms with Crippen molar-refractivity contribution in [1.82, 2.24) is 0 Å². The molecule has 1 aromatic carbocycles. The molecule has 1 aliphatic carbocycles. The first-order valence-electron chi connectivity index (χ1n) is 8.97. The fraction of sp³-hybridized carbons (Fsp3) is 0.579. The molecule has 1 heterocycles. The molecule has 2 fully saturated rings. The van der Waals surface area contributed by atoms with Gasteiger partial charge in [-0.2, -0.15) is 0 Å². The van der Waals surface area contributed by atoms with Crippen LogP contribution in [-0.2, 0) is 30.6 Å². The van der Waals surface area contributed by atoms with Crippen LogP contribution < -0.4 is 0 Å². The van der Waals surface area contributed by atoms with Gasteiger partial charge >= 0.3 is 5.97 Å². The van der Waals surface area contributed by atoms with Crippen LogP contribution in [0.25, 0.3) is 0 Å². The van der Waals surface area contributed by atoms with Crippen molar-refractivity contribution >= 4 is 33.2 Å². The fourth-order valence-corrected chi connectivity index (χ4v) is 5.28. The highest BCUT2D eigenvalue weighted by atomic mass is 35.5. The van der Waals surface area contributed by atoms with E-state index >= 15 is 0 Å². The van der Waals surface area contributed by atoms with E-state index in [1.54, 1.807) is 12.1 Å². The van der Waals surface area contributed by atoms with E-state index in [0.29, 0.717) is 25.2 Å². The zero-order valence-corrected chi connectivity index (χ0v) is 16.3. The Morgan fingerprint density at radius 3 is 2.46 bits per heavy atom. The van der Waals surface area contributed by atoms with Gasteiger partial charge in [0.05, 0.1) is 9.92 Å². The fourth-order valence-electron chi connectivity index (χ4n) is 3.93. The van der Waals surface area contributed by atoms with Crippen molar-refractivity contribution in [2.24, 2.45) is 11.8 Å². The first-order valence-corrected chi connectivity index (χ1v) is 11.2. The van der Waals surface area contributed by atoms with E-state index in [-0.39, 0.29) is 21.8 Å². The third-order valence-corrected chi connectivity index (χ3v) is 6.97. The molecule has 1 saturated heterocycles. The predicted molar refractivity (Wildman–Crippen MR) is 97.8 cm³/mol. The van der Waals surface area contributed by atoms with E-state index in [0.717, 1.165) is 37.5 Å². The van der Waals surface area contributed by atoms with Gasteiger partial charge in [-0.3, -0.25) is 9.59 Å². The number of benzene rings is 1. The number of rotatable bonds is 5. The molecule has 142 valence electrons. The SMILES string of the molecule is CS(=O)(=O)c1ccc(CCC2C(=O)CC(C3CCCC3)OC2=O)cc1Cl. The molecule has 26 heavy (non-hydrogen) atoms. The van der Waals surface area contributed by atoms with Crippen LogP contribution in [0.15, 0.2) is 23.1 Å². The number of ketones is 1. The number of hydrogen-bond donors (Lipinski definition) is 0. The maximum absolute atomic E-state index is 12.4. The van der Waals surface area contributed by atoms with Crippen LogP contribution >= 0.6 is 11.6 Å². The number of esters is 1. The molecule has 3 rings (SSSR count). The summed E-state index contributed by atoms with van der Waals surface area (Å²) >= 11 is 6.05. The van der Waals surface area contributed by atoms with Crippen molar-refractivity contribution in [3.8, 4) is 0 Å². The summed E-state index contributed by atoms with van der Waals surface area (Å²) in [5, 5.41) is 0.156. The van der Waals surface area contributed by atoms with Crippen molar-refractivity contribution in [3.05, 3.63) is 28.8 Å². The lowest BCUT2D eigenvalue weighted by molar-refractivity contribution is -0.168. The Bertz CT molecular complexity index is 793. The first kappa shape index (κ1) is 19.4. The van der Waals surface area contributed by atoms with Gasteiger partial charge in [0.1, 0.15) is 12.0 Å². The Morgan fingerprint density at radius 1 is 1.19 bits per heavy atom. The number of carbonyl (C=O) groups is 2. The summed E-state index contributed by atoms with van der Waals surface area (Å²) in [5.41, 5.74) is 0.793. The third-order valence-electron chi connectivity index (χ3n) is 5.39. The molecule has 2 atom stereocenters. The van der Waals surface area contributed by atoms with Crippen LogP contribution in [0.5, 0.6) is 0 Å². The second-order valence-corrected chi connectivity index (χ2v) is 9.71. The lowest BCUT2D eigenvalue weighted by Crippen LogP contribution is -2.41. The molecule has 1 saturated carbocycles. The number of carbonyl (C=O) groups excluding carboxylic acids is 2. The highest BCUT2D eigenvalue weighted by Gasteiger charge is 2.40. The van der Waals surface area contributed by atoms with Gasteiger partial charge in [-0.15, -0.1) is 0 Å². The van der Waals surface area contributed by atoms with Gasteiger partial charge in [-0.05, 0) is 49.3 Å². The van der Waals surface area contributed by atoms with E-state index < -0.39 is 21.7 Å². The third kappa shape index (κ3) is 4.29. The van der Waals surface area contributed by atoms with E-state index in [2.05, 4.69) is 0 Å². The molecule has 1 aliphatic heterocycles. The summed E-state index contributed by atoms with van der Waals surface area (Å²) in [7, 11) is -3.38. The molecule has 2 aliphatic rings. The molecule has 0 spiro atoms. The molecular weight excluding hydrogens is 376 g/mol. The minimum atomic E-state index is -3.38. The zero-order valence-electron chi connectivity index (χ0n) is 14.7. The molecule has 0 aromatic heterocycles. The van der Waals surface area contributed by atoms with Gasteiger partial charge in [0.2, 0.25) is 0 Å². The number of halogens is 1. The van der Waals surface area contributed by atoms with Gasteiger partial charge in [0.15, 0.2) is 15.6 Å². The normalized spacial score (nSPS) is 24.7. The quantitative estimate of drug-likeness (QED) is 0.561. The van der Waals surface area contributed by atoms with Crippen LogP contribution in [0.2, 0.25) is 5.02 Å². The second kappa shape index (κ2) is 7.69. The summed E-state index contributed by atoms with van der Waals surface area (Å²) < 4.78 is 28.8. The van der Waals surface area contributed by atoms with Crippen LogP contribution in [0.3, 0.4) is 0 Å². The van der Waals surface area contributed by atoms with Gasteiger partial charge in [0.25, 0.3) is 0 Å². The minimum absolute atomic E-state index is 0.0444. The Labute approximate surface area is 159 Å². The Morgan fingerprint density at radius 2 is 1.88 bits per heavy atom. The minimum Gasteiger partial charge on any atom is -0.461 e. The molecule has 0 radical (unpaired) electrons. The highest BCUT2D eigenvalue weighted by molar-refractivity contribution is 7.90. The lowest BCUT2D eigenvalue weighted by Gasteiger charge is -2.30. The molecular formula is C19H23ClO5S. The number of ether oxygens (including phenoxy) is 1. The highest BCUT2D eigenvalue weighted by Crippen LogP contribution is 2.35. The first-order chi connectivity index (χ1) is 12.3. The summed E-state index contributed by atoms with van der Waals surface area (Å²) in [6.45, 7) is 0. The van der Waals surface area contributed by atoms with Crippen molar-refractivity contribution in [2.45, 2.75) is 55.9 Å². The summed E-state index contributed by atoms with van der Waals surface area (Å²) in [5.74, 6) is -0.874. The largest absolute Gasteiger partial charge is 0.461 e. The Balaban J connectivity index is 1.62. The van der Waals surface area contributed by atoms with Crippen LogP contribution in [0, 0.1) is 11.8 Å². The van der Waals surface area contributed by atoms with Gasteiger partial charge in [-0.1, -0.05) is 30.5 Å². The van der Waals surface area contributed by atoms with E-state index in [9.17, 15) is 18.0 Å². The molecule has 0 N–H and O–H groups in total. The topological polar surface area (TPSA) is 77.5 Å². The average molecular weight is 399 g/mol. The second-order valence-electron chi connectivity index (χ2n) is 7.32. The number of hydrogen-bond acceptors (Lipinski definition) is 5. The zero-order chi connectivity index (χ0) is 18.9. The van der Waals surface area contributed by atoms with Gasteiger partial charge in [-0.25, -0.2) is 8.42 Å². The van der Waals surface area contributed by atoms with Crippen LogP contribution in [0.4, 0.5) is 0 Å². The summed E-state index contributed by atoms with van der Waals surface area (Å²) in [4.78, 5) is 24.8. The smallest absolute Gasteiger partial charge is 0.316 e. The molecule has 7 heteroatoms. The summed E-state index contributed by atoms with van der Waals surface area (Å²) in [6, 6.07) is 4.71. The Kier molecular flexibility index (Phi) is 5.72.